The van der Waals surface area contributed by atoms with Crippen LogP contribution in [-0.4, -0.2) is 20.6 Å². The molecule has 0 unspecified atom stereocenters. The van der Waals surface area contributed by atoms with Crippen molar-refractivity contribution in [1.82, 2.24) is 0 Å². The molecule has 0 spiro atoms. The number of aryl methyl sites for hydroxylation is 2. The Bertz CT molecular complexity index is 1160. The Morgan fingerprint density at radius 2 is 1.60 bits per heavy atom. The highest BCUT2D eigenvalue weighted by Crippen LogP contribution is 2.23. The predicted octanol–water partition coefficient (Wildman–Crippen LogP) is 4.66. The summed E-state index contributed by atoms with van der Waals surface area (Å²) in [4.78, 5) is 12.6. The second kappa shape index (κ2) is 8.67. The molecule has 0 saturated carbocycles. The lowest BCUT2D eigenvalue weighted by molar-refractivity contribution is 0.102. The van der Waals surface area contributed by atoms with Crippen molar-refractivity contribution < 1.29 is 17.6 Å². The lowest BCUT2D eigenvalue weighted by Crippen LogP contribution is -2.29. The first-order valence-electron chi connectivity index (χ1n) is 9.34. The van der Waals surface area contributed by atoms with Crippen LogP contribution in [0.25, 0.3) is 0 Å². The van der Waals surface area contributed by atoms with Gasteiger partial charge < -0.3 is 5.32 Å². The zero-order valence-electron chi connectivity index (χ0n) is 17.0. The molecule has 0 aliphatic heterocycles. The minimum Gasteiger partial charge on any atom is -0.322 e. The molecular weight excluding hydrogens is 403 g/mol. The summed E-state index contributed by atoms with van der Waals surface area (Å²) in [5, 5.41) is 2.89. The normalized spacial score (nSPS) is 11.2. The molecule has 0 fully saturated rings. The summed E-state index contributed by atoms with van der Waals surface area (Å²) in [6.07, 6.45) is 1.11. The van der Waals surface area contributed by atoms with Crippen LogP contribution < -0.4 is 9.62 Å². The van der Waals surface area contributed by atoms with E-state index < -0.39 is 10.0 Å². The van der Waals surface area contributed by atoms with Gasteiger partial charge in [0.05, 0.1) is 18.5 Å². The Balaban J connectivity index is 1.81. The van der Waals surface area contributed by atoms with Crippen LogP contribution in [0.4, 0.5) is 15.8 Å². The fourth-order valence-corrected chi connectivity index (χ4v) is 3.89. The Labute approximate surface area is 176 Å². The maximum Gasteiger partial charge on any atom is 0.255 e. The van der Waals surface area contributed by atoms with Crippen LogP contribution in [0.15, 0.2) is 66.7 Å². The number of halogens is 1. The van der Waals surface area contributed by atoms with Crippen molar-refractivity contribution in [3.63, 3.8) is 0 Å². The molecule has 30 heavy (non-hydrogen) atoms. The van der Waals surface area contributed by atoms with Gasteiger partial charge in [0.25, 0.3) is 5.91 Å². The van der Waals surface area contributed by atoms with Gasteiger partial charge >= 0.3 is 0 Å². The SMILES string of the molecule is Cc1ccc(C)c(NC(=O)c2ccc(N(Cc3ccc(F)cc3)S(C)(=O)=O)cc2)c1. The molecule has 0 saturated heterocycles. The lowest BCUT2D eigenvalue weighted by atomic mass is 10.1. The number of benzene rings is 3. The molecule has 7 heteroatoms. The van der Waals surface area contributed by atoms with Gasteiger partial charge in [-0.2, -0.15) is 0 Å². The van der Waals surface area contributed by atoms with Crippen molar-refractivity contribution in [3.05, 3.63) is 94.8 Å². The van der Waals surface area contributed by atoms with Gasteiger partial charge in [-0.3, -0.25) is 9.10 Å². The first kappa shape index (κ1) is 21.5. The molecule has 156 valence electrons. The number of anilines is 2. The largest absolute Gasteiger partial charge is 0.322 e. The van der Waals surface area contributed by atoms with Gasteiger partial charge in [0.15, 0.2) is 0 Å². The van der Waals surface area contributed by atoms with Gasteiger partial charge in [0.2, 0.25) is 10.0 Å². The van der Waals surface area contributed by atoms with E-state index in [-0.39, 0.29) is 18.3 Å². The fourth-order valence-electron chi connectivity index (χ4n) is 3.00. The Morgan fingerprint density at radius 1 is 0.967 bits per heavy atom. The topological polar surface area (TPSA) is 66.5 Å². The number of hydrogen-bond acceptors (Lipinski definition) is 3. The zero-order chi connectivity index (χ0) is 21.9. The average Bonchev–Trinajstić information content (AvgIpc) is 2.69. The molecule has 0 aliphatic carbocycles. The van der Waals surface area contributed by atoms with E-state index >= 15 is 0 Å². The first-order chi connectivity index (χ1) is 14.1. The minimum absolute atomic E-state index is 0.0626. The number of nitrogens with one attached hydrogen (secondary N) is 1. The first-order valence-corrected chi connectivity index (χ1v) is 11.2. The highest BCUT2D eigenvalue weighted by atomic mass is 32.2. The molecule has 1 N–H and O–H groups in total. The van der Waals surface area contributed by atoms with Crippen molar-refractivity contribution >= 4 is 27.3 Å². The number of carbonyl (C=O) groups excluding carboxylic acids is 1. The molecule has 5 nitrogen and oxygen atoms in total. The third kappa shape index (κ3) is 5.24. The van der Waals surface area contributed by atoms with Gasteiger partial charge in [-0.05, 0) is 73.0 Å². The number of carbonyl (C=O) groups is 1. The van der Waals surface area contributed by atoms with Crippen molar-refractivity contribution in [2.45, 2.75) is 20.4 Å². The Morgan fingerprint density at radius 3 is 2.20 bits per heavy atom. The number of amides is 1. The number of rotatable bonds is 6. The summed E-state index contributed by atoms with van der Waals surface area (Å²) in [7, 11) is -3.58. The molecule has 0 heterocycles. The van der Waals surface area contributed by atoms with Crippen molar-refractivity contribution in [1.29, 1.82) is 0 Å². The molecule has 0 bridgehead atoms. The molecule has 0 aromatic heterocycles. The van der Waals surface area contributed by atoms with E-state index in [4.69, 9.17) is 0 Å². The van der Waals surface area contributed by atoms with E-state index in [2.05, 4.69) is 5.32 Å². The molecule has 3 aromatic rings. The zero-order valence-corrected chi connectivity index (χ0v) is 17.8. The molecule has 0 atom stereocenters. The third-order valence-electron chi connectivity index (χ3n) is 4.70. The number of hydrogen-bond donors (Lipinski definition) is 1. The number of sulfonamides is 1. The Hall–Kier alpha value is -3.19. The molecule has 1 amide bonds. The van der Waals surface area contributed by atoms with E-state index in [1.807, 2.05) is 32.0 Å². The quantitative estimate of drug-likeness (QED) is 0.623. The summed E-state index contributed by atoms with van der Waals surface area (Å²) in [5.41, 5.74) is 4.21. The van der Waals surface area contributed by atoms with Crippen molar-refractivity contribution in [3.8, 4) is 0 Å². The van der Waals surface area contributed by atoms with Crippen LogP contribution in [0.5, 0.6) is 0 Å². The van der Waals surface area contributed by atoms with Crippen LogP contribution in [0.1, 0.15) is 27.0 Å². The van der Waals surface area contributed by atoms with Gasteiger partial charge in [0.1, 0.15) is 5.82 Å². The lowest BCUT2D eigenvalue weighted by Gasteiger charge is -2.23. The van der Waals surface area contributed by atoms with E-state index in [9.17, 15) is 17.6 Å². The molecule has 3 aromatic carbocycles. The predicted molar refractivity (Wildman–Crippen MR) is 118 cm³/mol. The van der Waals surface area contributed by atoms with E-state index in [0.717, 1.165) is 23.1 Å². The molecular formula is C23H23FN2O3S. The van der Waals surface area contributed by atoms with Crippen LogP contribution in [0.2, 0.25) is 0 Å². The number of nitrogens with zero attached hydrogens (tertiary/aromatic N) is 1. The van der Waals surface area contributed by atoms with Crippen LogP contribution in [0.3, 0.4) is 0 Å². The highest BCUT2D eigenvalue weighted by Gasteiger charge is 2.18. The maximum absolute atomic E-state index is 13.1. The molecule has 0 aliphatic rings. The fraction of sp³-hybridized carbons (Fsp3) is 0.174. The standard InChI is InChI=1S/C23H23FN2O3S/c1-16-4-5-17(2)22(14-16)25-23(27)19-8-12-21(13-9-19)26(30(3,28)29)15-18-6-10-20(24)11-7-18/h4-14H,15H2,1-3H3,(H,25,27). The third-order valence-corrected chi connectivity index (χ3v) is 5.84. The summed E-state index contributed by atoms with van der Waals surface area (Å²) in [6.45, 7) is 3.93. The molecule has 3 rings (SSSR count). The second-order valence-corrected chi connectivity index (χ2v) is 9.12. The van der Waals surface area contributed by atoms with Gasteiger partial charge in [-0.1, -0.05) is 24.3 Å². The Kier molecular flexibility index (Phi) is 6.22. The molecule has 0 radical (unpaired) electrons. The minimum atomic E-state index is -3.58. The van der Waals surface area contributed by atoms with Gasteiger partial charge in [0, 0.05) is 11.3 Å². The van der Waals surface area contributed by atoms with Gasteiger partial charge in [-0.15, -0.1) is 0 Å². The van der Waals surface area contributed by atoms with Crippen LogP contribution in [-0.2, 0) is 16.6 Å². The van der Waals surface area contributed by atoms with Crippen LogP contribution >= 0.6 is 0 Å². The average molecular weight is 427 g/mol. The van der Waals surface area contributed by atoms with E-state index in [0.29, 0.717) is 16.8 Å². The van der Waals surface area contributed by atoms with E-state index in [1.54, 1.807) is 36.4 Å². The van der Waals surface area contributed by atoms with Crippen molar-refractivity contribution in [2.24, 2.45) is 0 Å². The van der Waals surface area contributed by atoms with Gasteiger partial charge in [-0.25, -0.2) is 12.8 Å². The maximum atomic E-state index is 13.1. The summed E-state index contributed by atoms with van der Waals surface area (Å²) in [6, 6.07) is 17.8. The monoisotopic (exact) mass is 426 g/mol. The van der Waals surface area contributed by atoms with E-state index in [1.165, 1.54) is 16.4 Å². The summed E-state index contributed by atoms with van der Waals surface area (Å²) >= 11 is 0. The van der Waals surface area contributed by atoms with Crippen molar-refractivity contribution in [2.75, 3.05) is 15.9 Å². The summed E-state index contributed by atoms with van der Waals surface area (Å²) in [5.74, 6) is -0.663. The summed E-state index contributed by atoms with van der Waals surface area (Å²) < 4.78 is 39.0. The van der Waals surface area contributed by atoms with Crippen LogP contribution in [0, 0.1) is 19.7 Å². The smallest absolute Gasteiger partial charge is 0.255 e. The second-order valence-electron chi connectivity index (χ2n) is 7.22. The highest BCUT2D eigenvalue weighted by molar-refractivity contribution is 7.92.